The van der Waals surface area contributed by atoms with Crippen molar-refractivity contribution < 1.29 is 4.79 Å². The fourth-order valence-corrected chi connectivity index (χ4v) is 6.67. The smallest absolute Gasteiger partial charge is 0.230 e. The van der Waals surface area contributed by atoms with Gasteiger partial charge in [0.1, 0.15) is 5.82 Å². The Morgan fingerprint density at radius 1 is 1.16 bits per heavy atom. The molecule has 1 atom stereocenters. The minimum Gasteiger partial charge on any atom is -0.347 e. The number of thiophene rings is 2. The van der Waals surface area contributed by atoms with Gasteiger partial charge < -0.3 is 9.88 Å². The molecule has 166 valence electrons. The van der Waals surface area contributed by atoms with Gasteiger partial charge in [-0.05, 0) is 41.7 Å². The number of nitrogens with one attached hydrogen (secondary N) is 1. The van der Waals surface area contributed by atoms with Crippen molar-refractivity contribution in [3.05, 3.63) is 50.6 Å². The van der Waals surface area contributed by atoms with Crippen molar-refractivity contribution in [3.8, 4) is 0 Å². The second kappa shape index (κ2) is 10.8. The van der Waals surface area contributed by atoms with Crippen LogP contribution < -0.4 is 5.32 Å². The van der Waals surface area contributed by atoms with Gasteiger partial charge in [-0.25, -0.2) is 0 Å². The van der Waals surface area contributed by atoms with E-state index in [2.05, 4.69) is 62.9 Å². The molecule has 1 amide bonds. The maximum atomic E-state index is 12.8. The van der Waals surface area contributed by atoms with Gasteiger partial charge in [-0.15, -0.1) is 32.9 Å². The number of hydrogen-bond donors (Lipinski definition) is 1. The Hall–Kier alpha value is -1.64. The highest BCUT2D eigenvalue weighted by molar-refractivity contribution is 7.99. The van der Waals surface area contributed by atoms with E-state index in [4.69, 9.17) is 0 Å². The third-order valence-corrected chi connectivity index (χ3v) is 8.53. The van der Waals surface area contributed by atoms with Crippen LogP contribution in [0.4, 0.5) is 0 Å². The molecule has 3 aromatic rings. The topological polar surface area (TPSA) is 59.8 Å². The van der Waals surface area contributed by atoms with Crippen LogP contribution in [0, 0.1) is 5.92 Å². The van der Waals surface area contributed by atoms with Crippen molar-refractivity contribution in [2.24, 2.45) is 5.92 Å². The van der Waals surface area contributed by atoms with Crippen LogP contribution in [-0.4, -0.2) is 26.4 Å². The lowest BCUT2D eigenvalue weighted by Gasteiger charge is -2.25. The monoisotopic (exact) mass is 474 g/mol. The second-order valence-corrected chi connectivity index (χ2v) is 11.4. The zero-order valence-electron chi connectivity index (χ0n) is 18.1. The lowest BCUT2D eigenvalue weighted by molar-refractivity contribution is -0.119. The van der Waals surface area contributed by atoms with Gasteiger partial charge in [0, 0.05) is 22.2 Å². The van der Waals surface area contributed by atoms with Gasteiger partial charge in [0.05, 0.1) is 11.8 Å². The lowest BCUT2D eigenvalue weighted by Crippen LogP contribution is -2.32. The Morgan fingerprint density at radius 3 is 2.61 bits per heavy atom. The molecule has 8 heteroatoms. The normalized spacial score (nSPS) is 16.0. The van der Waals surface area contributed by atoms with Crippen LogP contribution in [0.1, 0.15) is 73.6 Å². The van der Waals surface area contributed by atoms with Gasteiger partial charge in [0.15, 0.2) is 5.16 Å². The molecule has 0 saturated heterocycles. The molecule has 1 fully saturated rings. The van der Waals surface area contributed by atoms with E-state index in [1.807, 2.05) is 6.07 Å². The highest BCUT2D eigenvalue weighted by Gasteiger charge is 2.25. The molecule has 1 saturated carbocycles. The molecule has 0 bridgehead atoms. The Morgan fingerprint density at radius 2 is 1.94 bits per heavy atom. The van der Waals surface area contributed by atoms with Crippen molar-refractivity contribution in [2.75, 3.05) is 5.75 Å². The minimum atomic E-state index is 0.0510. The van der Waals surface area contributed by atoms with Crippen LogP contribution in [-0.2, 0) is 11.2 Å². The molecule has 1 aliphatic rings. The number of thioether (sulfide) groups is 1. The summed E-state index contributed by atoms with van der Waals surface area (Å²) in [7, 11) is 0. The minimum absolute atomic E-state index is 0.0510. The molecule has 0 aromatic carbocycles. The number of amides is 1. The molecule has 0 radical (unpaired) electrons. The fourth-order valence-electron chi connectivity index (χ4n) is 4.18. The number of nitrogens with zero attached hydrogens (tertiary/aromatic N) is 3. The number of carbonyl (C=O) groups is 1. The van der Waals surface area contributed by atoms with Crippen LogP contribution in [0.5, 0.6) is 0 Å². The fraction of sp³-hybridized carbons (Fsp3) is 0.522. The van der Waals surface area contributed by atoms with Gasteiger partial charge >= 0.3 is 0 Å². The SMILES string of the molecule is CC(C)C(NC(=O)CSc1nnc(Cc2cccs2)n1C1CCCCC1)c1cccs1. The van der Waals surface area contributed by atoms with Crippen LogP contribution in [0.15, 0.2) is 40.2 Å². The second-order valence-electron chi connectivity index (χ2n) is 8.41. The summed E-state index contributed by atoms with van der Waals surface area (Å²) in [6.45, 7) is 4.29. The number of rotatable bonds is 9. The summed E-state index contributed by atoms with van der Waals surface area (Å²) in [5.41, 5.74) is 0. The maximum absolute atomic E-state index is 12.8. The molecular weight excluding hydrogens is 444 g/mol. The Labute approximate surface area is 196 Å². The molecular formula is C23H30N4OS3. The molecule has 4 rings (SSSR count). The first-order valence-corrected chi connectivity index (χ1v) is 13.8. The number of carbonyl (C=O) groups excluding carboxylic acids is 1. The van der Waals surface area contributed by atoms with E-state index < -0.39 is 0 Å². The predicted octanol–water partition coefficient (Wildman–Crippen LogP) is 6.10. The number of aromatic nitrogens is 3. The first kappa shape index (κ1) is 22.6. The zero-order chi connectivity index (χ0) is 21.6. The van der Waals surface area contributed by atoms with E-state index in [0.717, 1.165) is 17.4 Å². The van der Waals surface area contributed by atoms with Gasteiger partial charge in [-0.1, -0.05) is 57.0 Å². The van der Waals surface area contributed by atoms with E-state index in [9.17, 15) is 4.79 Å². The third kappa shape index (κ3) is 5.79. The molecule has 3 aromatic heterocycles. The summed E-state index contributed by atoms with van der Waals surface area (Å²) >= 11 is 4.97. The highest BCUT2D eigenvalue weighted by Crippen LogP contribution is 2.33. The van der Waals surface area contributed by atoms with Crippen LogP contribution >= 0.6 is 34.4 Å². The Bertz CT molecular complexity index is 944. The predicted molar refractivity (Wildman–Crippen MR) is 130 cm³/mol. The molecule has 31 heavy (non-hydrogen) atoms. The van der Waals surface area contributed by atoms with E-state index in [1.54, 1.807) is 22.7 Å². The molecule has 0 aliphatic heterocycles. The summed E-state index contributed by atoms with van der Waals surface area (Å²) in [5.74, 6) is 1.78. The summed E-state index contributed by atoms with van der Waals surface area (Å²) < 4.78 is 2.33. The quantitative estimate of drug-likeness (QED) is 0.381. The lowest BCUT2D eigenvalue weighted by atomic mass is 9.95. The van der Waals surface area contributed by atoms with E-state index >= 15 is 0 Å². The van der Waals surface area contributed by atoms with Crippen molar-refractivity contribution in [1.82, 2.24) is 20.1 Å². The van der Waals surface area contributed by atoms with Crippen molar-refractivity contribution in [3.63, 3.8) is 0 Å². The zero-order valence-corrected chi connectivity index (χ0v) is 20.6. The average molecular weight is 475 g/mol. The van der Waals surface area contributed by atoms with E-state index in [-0.39, 0.29) is 11.9 Å². The summed E-state index contributed by atoms with van der Waals surface area (Å²) in [5, 5.41) is 17.3. The van der Waals surface area contributed by atoms with Crippen molar-refractivity contribution in [2.45, 2.75) is 69.6 Å². The molecule has 3 heterocycles. The van der Waals surface area contributed by atoms with Gasteiger partial charge in [0.2, 0.25) is 5.91 Å². The van der Waals surface area contributed by atoms with E-state index in [1.165, 1.54) is 53.6 Å². The Balaban J connectivity index is 1.45. The van der Waals surface area contributed by atoms with Crippen LogP contribution in [0.25, 0.3) is 0 Å². The summed E-state index contributed by atoms with van der Waals surface area (Å²) in [6, 6.07) is 8.87. The molecule has 1 aliphatic carbocycles. The Kier molecular flexibility index (Phi) is 7.85. The van der Waals surface area contributed by atoms with Crippen molar-refractivity contribution >= 4 is 40.3 Å². The highest BCUT2D eigenvalue weighted by atomic mass is 32.2. The van der Waals surface area contributed by atoms with Crippen molar-refractivity contribution in [1.29, 1.82) is 0 Å². The first-order valence-electron chi connectivity index (χ1n) is 11.0. The number of hydrogen-bond acceptors (Lipinski definition) is 6. The van der Waals surface area contributed by atoms with Crippen LogP contribution in [0.3, 0.4) is 0 Å². The van der Waals surface area contributed by atoms with Crippen LogP contribution in [0.2, 0.25) is 0 Å². The molecule has 1 unspecified atom stereocenters. The van der Waals surface area contributed by atoms with Gasteiger partial charge in [-0.3, -0.25) is 4.79 Å². The van der Waals surface area contributed by atoms with Gasteiger partial charge in [0.25, 0.3) is 0 Å². The molecule has 0 spiro atoms. The maximum Gasteiger partial charge on any atom is 0.230 e. The third-order valence-electron chi connectivity index (χ3n) is 5.75. The van der Waals surface area contributed by atoms with Gasteiger partial charge in [-0.2, -0.15) is 0 Å². The first-order chi connectivity index (χ1) is 15.1. The molecule has 5 nitrogen and oxygen atoms in total. The largest absolute Gasteiger partial charge is 0.347 e. The summed E-state index contributed by atoms with van der Waals surface area (Å²) in [6.07, 6.45) is 6.96. The van der Waals surface area contributed by atoms with E-state index in [0.29, 0.717) is 17.7 Å². The molecule has 1 N–H and O–H groups in total. The standard InChI is InChI=1S/C23H30N4OS3/c1-16(2)22(19-11-7-13-30-19)24-21(28)15-31-23-26-25-20(14-18-10-6-12-29-18)27(23)17-8-4-3-5-9-17/h6-7,10-13,16-17,22H,3-5,8-9,14-15H2,1-2H3,(H,24,28). The summed E-state index contributed by atoms with van der Waals surface area (Å²) in [4.78, 5) is 15.3. The average Bonchev–Trinajstić information content (AvgIpc) is 3.54.